The number of hydrogen-bond acceptors (Lipinski definition) is 0. The van der Waals surface area contributed by atoms with Gasteiger partial charge in [-0.1, -0.05) is 42.1 Å². The maximum absolute atomic E-state index is 6.06. The summed E-state index contributed by atoms with van der Waals surface area (Å²) in [7, 11) is 4.27. The van der Waals surface area contributed by atoms with Gasteiger partial charge in [0, 0.05) is 0 Å². The van der Waals surface area contributed by atoms with E-state index < -0.39 is 7.94 Å². The van der Waals surface area contributed by atoms with Crippen LogP contribution in [-0.4, -0.2) is 15.4 Å². The molecule has 0 fully saturated rings. The Kier molecular flexibility index (Phi) is 2.35. The third-order valence-corrected chi connectivity index (χ3v) is 4.25. The van der Waals surface area contributed by atoms with Crippen molar-refractivity contribution in [1.29, 1.82) is 0 Å². The van der Waals surface area contributed by atoms with Crippen LogP contribution in [0.2, 0.25) is 6.55 Å². The largest absolute Gasteiger partial charge is 0.107 e. The molecule has 0 spiro atoms. The van der Waals surface area contributed by atoms with Crippen LogP contribution in [0.25, 0.3) is 0 Å². The summed E-state index contributed by atoms with van der Waals surface area (Å²) in [4.78, 5) is 0. The molecule has 1 aromatic rings. The molecule has 0 amide bonds. The zero-order chi connectivity index (χ0) is 8.32. The first-order valence-electron chi connectivity index (χ1n) is 3.65. The zero-order valence-corrected chi connectivity index (χ0v) is 7.75. The minimum atomic E-state index is -1.79. The first-order chi connectivity index (χ1) is 5.17. The molecular weight excluding hydrogens is 147 g/mol. The Morgan fingerprint density at radius 2 is 1.91 bits per heavy atom. The van der Waals surface area contributed by atoms with E-state index in [-0.39, 0.29) is 0 Å². The highest BCUT2D eigenvalue weighted by atomic mass is 28.3. The van der Waals surface area contributed by atoms with E-state index in [1.807, 2.05) is 23.9 Å². The van der Waals surface area contributed by atoms with E-state index in [1.165, 1.54) is 5.19 Å². The van der Waals surface area contributed by atoms with E-state index in [2.05, 4.69) is 25.3 Å². The van der Waals surface area contributed by atoms with Gasteiger partial charge in [0.2, 0.25) is 0 Å². The van der Waals surface area contributed by atoms with Crippen LogP contribution in [0.3, 0.4) is 0 Å². The quantitative estimate of drug-likeness (QED) is 0.570. The summed E-state index contributed by atoms with van der Waals surface area (Å²) in [5.41, 5.74) is 1.89. The van der Waals surface area contributed by atoms with Crippen molar-refractivity contribution in [2.75, 3.05) is 0 Å². The molecule has 0 heterocycles. The molecule has 1 unspecified atom stereocenters. The van der Waals surface area contributed by atoms with Crippen molar-refractivity contribution < 1.29 is 0 Å². The Morgan fingerprint density at radius 1 is 1.36 bits per heavy atom. The summed E-state index contributed by atoms with van der Waals surface area (Å²) in [6, 6.07) is 10.1. The predicted molar refractivity (Wildman–Crippen MR) is 53.6 cm³/mol. The summed E-state index contributed by atoms with van der Waals surface area (Å²) in [5.74, 6) is 0. The molecular formula is C9H11BSi. The fourth-order valence-corrected chi connectivity index (χ4v) is 2.06. The second-order valence-electron chi connectivity index (χ2n) is 2.85. The average molecular weight is 158 g/mol. The minimum Gasteiger partial charge on any atom is -0.107 e. The Hall–Kier alpha value is -0.758. The van der Waals surface area contributed by atoms with Crippen LogP contribution in [0.1, 0.15) is 0 Å². The predicted octanol–water partition coefficient (Wildman–Crippen LogP) is 1.36. The summed E-state index contributed by atoms with van der Waals surface area (Å²) in [6.45, 7) is 5.82. The van der Waals surface area contributed by atoms with Gasteiger partial charge in [-0.15, -0.1) is 12.3 Å². The third-order valence-electron chi connectivity index (χ3n) is 1.82. The highest BCUT2D eigenvalue weighted by Gasteiger charge is 2.16. The van der Waals surface area contributed by atoms with Crippen LogP contribution in [0, 0.1) is 0 Å². The maximum atomic E-state index is 6.06. The van der Waals surface area contributed by atoms with E-state index >= 15 is 0 Å². The topological polar surface area (TPSA) is 0 Å². The maximum Gasteiger partial charge on any atom is 0.0686 e. The third kappa shape index (κ3) is 1.84. The van der Waals surface area contributed by atoms with Gasteiger partial charge in [-0.05, 0) is 0 Å². The van der Waals surface area contributed by atoms with E-state index in [0.29, 0.717) is 0 Å². The molecule has 0 aliphatic rings. The highest BCUT2D eigenvalue weighted by molar-refractivity contribution is 7.26. The van der Waals surface area contributed by atoms with Crippen LogP contribution in [0.4, 0.5) is 0 Å². The number of benzene rings is 1. The first-order valence-corrected chi connectivity index (χ1v) is 6.30. The molecule has 2 heteroatoms. The molecule has 0 bridgehead atoms. The van der Waals surface area contributed by atoms with Gasteiger partial charge < -0.3 is 0 Å². The minimum absolute atomic E-state index is 1.23. The smallest absolute Gasteiger partial charge is 0.0686 e. The normalized spacial score (nSPS) is 15.4. The molecule has 11 heavy (non-hydrogen) atoms. The molecule has 54 valence electrons. The van der Waals surface area contributed by atoms with Gasteiger partial charge >= 0.3 is 0 Å². The lowest BCUT2D eigenvalue weighted by Crippen LogP contribution is -2.43. The van der Waals surface area contributed by atoms with Crippen LogP contribution >= 0.6 is 0 Å². The molecule has 1 aromatic carbocycles. The molecule has 1 rings (SSSR count). The fraction of sp³-hybridized carbons (Fsp3) is 0.111. The Morgan fingerprint density at radius 3 is 2.36 bits per heavy atom. The monoisotopic (exact) mass is 158 g/mol. The van der Waals surface area contributed by atoms with Crippen LogP contribution in [0.15, 0.2) is 42.6 Å². The van der Waals surface area contributed by atoms with Crippen LogP contribution in [-0.2, 0) is 0 Å². The van der Waals surface area contributed by atoms with Crippen molar-refractivity contribution in [2.24, 2.45) is 0 Å². The van der Waals surface area contributed by atoms with Crippen molar-refractivity contribution >= 4 is 20.6 Å². The van der Waals surface area contributed by atoms with Crippen LogP contribution in [0.5, 0.6) is 0 Å². The van der Waals surface area contributed by atoms with Gasteiger partial charge in [0.1, 0.15) is 0 Å². The molecule has 0 saturated heterocycles. The lowest BCUT2D eigenvalue weighted by molar-refractivity contribution is 1.75. The second-order valence-corrected chi connectivity index (χ2v) is 6.40. The van der Waals surface area contributed by atoms with Crippen LogP contribution < -0.4 is 5.19 Å². The van der Waals surface area contributed by atoms with Crippen molar-refractivity contribution in [2.45, 2.75) is 6.55 Å². The van der Waals surface area contributed by atoms with Crippen molar-refractivity contribution in [3.05, 3.63) is 42.6 Å². The van der Waals surface area contributed by atoms with E-state index in [0.717, 1.165) is 0 Å². The van der Waals surface area contributed by atoms with Gasteiger partial charge in [0.15, 0.2) is 0 Å². The molecule has 0 aliphatic carbocycles. The average Bonchev–Trinajstić information content (AvgIpc) is 2.06. The Balaban J connectivity index is 3.02. The molecule has 0 nitrogen and oxygen atoms in total. The Bertz CT molecular complexity index is 241. The molecule has 0 saturated carbocycles. The van der Waals surface area contributed by atoms with Crippen molar-refractivity contribution in [3.8, 4) is 0 Å². The summed E-state index contributed by atoms with van der Waals surface area (Å²) in [6.07, 6.45) is 0. The standard InChI is InChI=1S/C9H11BSi/c1-3-11(2,10)9-7-5-4-6-8-9/h3-8H,1H2,2H3. The van der Waals surface area contributed by atoms with Gasteiger partial charge in [-0.25, -0.2) is 0 Å². The van der Waals surface area contributed by atoms with Gasteiger partial charge in [0.25, 0.3) is 0 Å². The lowest BCUT2D eigenvalue weighted by atomic mass is 10.4. The molecule has 0 N–H and O–H groups in total. The van der Waals surface area contributed by atoms with Gasteiger partial charge in [-0.2, -0.15) is 0 Å². The fourth-order valence-electron chi connectivity index (χ4n) is 0.915. The summed E-state index contributed by atoms with van der Waals surface area (Å²) < 4.78 is 0. The SMILES string of the molecule is [B][Si](C)(C=C)c1ccccc1. The second kappa shape index (κ2) is 3.10. The molecule has 1 atom stereocenters. The summed E-state index contributed by atoms with van der Waals surface area (Å²) in [5, 5.41) is 1.23. The zero-order valence-electron chi connectivity index (χ0n) is 6.75. The van der Waals surface area contributed by atoms with Gasteiger partial charge in [0.05, 0.1) is 15.4 Å². The van der Waals surface area contributed by atoms with E-state index in [1.54, 1.807) is 0 Å². The first kappa shape index (κ1) is 8.34. The molecule has 2 radical (unpaired) electrons. The number of rotatable bonds is 2. The van der Waals surface area contributed by atoms with E-state index in [9.17, 15) is 0 Å². The molecule has 0 aromatic heterocycles. The van der Waals surface area contributed by atoms with E-state index in [4.69, 9.17) is 7.44 Å². The van der Waals surface area contributed by atoms with Crippen molar-refractivity contribution in [1.82, 2.24) is 0 Å². The van der Waals surface area contributed by atoms with Gasteiger partial charge in [-0.3, -0.25) is 0 Å². The highest BCUT2D eigenvalue weighted by Crippen LogP contribution is 1.98. The molecule has 0 aliphatic heterocycles. The Labute approximate surface area is 70.3 Å². The number of hydrogen-bond donors (Lipinski definition) is 0. The van der Waals surface area contributed by atoms with Crippen molar-refractivity contribution in [3.63, 3.8) is 0 Å². The lowest BCUT2D eigenvalue weighted by Gasteiger charge is -2.17. The summed E-state index contributed by atoms with van der Waals surface area (Å²) >= 11 is 0.